The van der Waals surface area contributed by atoms with Crippen molar-refractivity contribution in [3.63, 3.8) is 0 Å². The van der Waals surface area contributed by atoms with Crippen molar-refractivity contribution in [2.24, 2.45) is 0 Å². The van der Waals surface area contributed by atoms with E-state index >= 15 is 0 Å². The number of nitrogens with two attached hydrogens (primary N) is 1. The smallest absolute Gasteiger partial charge is 0.257 e. The molecule has 0 heterocycles. The number of carbonyl (C=O) groups is 1. The van der Waals surface area contributed by atoms with E-state index in [0.29, 0.717) is 27.0 Å². The van der Waals surface area contributed by atoms with Gasteiger partial charge in [-0.1, -0.05) is 29.3 Å². The van der Waals surface area contributed by atoms with E-state index in [1.807, 2.05) is 13.0 Å². The lowest BCUT2D eigenvalue weighted by molar-refractivity contribution is 0.102. The lowest BCUT2D eigenvalue weighted by Gasteiger charge is -2.09. The highest BCUT2D eigenvalue weighted by Gasteiger charge is 2.11. The molecule has 98 valence electrons. The van der Waals surface area contributed by atoms with Gasteiger partial charge >= 0.3 is 0 Å². The van der Waals surface area contributed by atoms with Gasteiger partial charge in [0.1, 0.15) is 0 Å². The Bertz CT molecular complexity index is 641. The monoisotopic (exact) mass is 294 g/mol. The molecule has 0 radical (unpaired) electrons. The second kappa shape index (κ2) is 5.51. The van der Waals surface area contributed by atoms with Crippen molar-refractivity contribution < 1.29 is 4.79 Å². The molecule has 0 spiro atoms. The van der Waals surface area contributed by atoms with Crippen LogP contribution in [-0.2, 0) is 0 Å². The van der Waals surface area contributed by atoms with Gasteiger partial charge in [-0.3, -0.25) is 4.79 Å². The van der Waals surface area contributed by atoms with E-state index in [0.717, 1.165) is 5.56 Å². The number of nitrogens with one attached hydrogen (secondary N) is 1. The minimum absolute atomic E-state index is 0.304. The molecule has 5 heteroatoms. The molecule has 2 rings (SSSR count). The maximum absolute atomic E-state index is 12.1. The Labute approximate surface area is 121 Å². The fourth-order valence-corrected chi connectivity index (χ4v) is 2.13. The highest BCUT2D eigenvalue weighted by atomic mass is 35.5. The van der Waals surface area contributed by atoms with Crippen LogP contribution < -0.4 is 11.1 Å². The number of halogens is 2. The molecule has 1 amide bonds. The molecule has 0 fully saturated rings. The van der Waals surface area contributed by atoms with Crippen LogP contribution in [0.3, 0.4) is 0 Å². The van der Waals surface area contributed by atoms with Crippen LogP contribution in [0.5, 0.6) is 0 Å². The van der Waals surface area contributed by atoms with Crippen LogP contribution >= 0.6 is 23.2 Å². The van der Waals surface area contributed by atoms with Gasteiger partial charge in [-0.25, -0.2) is 0 Å². The largest absolute Gasteiger partial charge is 0.398 e. The molecule has 19 heavy (non-hydrogen) atoms. The van der Waals surface area contributed by atoms with Crippen LogP contribution in [0.2, 0.25) is 10.0 Å². The summed E-state index contributed by atoms with van der Waals surface area (Å²) in [7, 11) is 0. The van der Waals surface area contributed by atoms with E-state index in [-0.39, 0.29) is 5.91 Å². The van der Waals surface area contributed by atoms with Crippen molar-refractivity contribution in [1.29, 1.82) is 0 Å². The van der Waals surface area contributed by atoms with E-state index in [1.54, 1.807) is 30.3 Å². The summed E-state index contributed by atoms with van der Waals surface area (Å²) in [5, 5.41) is 3.60. The van der Waals surface area contributed by atoms with Crippen molar-refractivity contribution >= 4 is 40.5 Å². The number of benzene rings is 2. The van der Waals surface area contributed by atoms with Crippen molar-refractivity contribution in [2.45, 2.75) is 6.92 Å². The second-order valence-corrected chi connectivity index (χ2v) is 5.01. The molecule has 2 aromatic carbocycles. The first-order valence-corrected chi connectivity index (χ1v) is 6.35. The molecule has 0 saturated heterocycles. The van der Waals surface area contributed by atoms with Crippen LogP contribution in [-0.4, -0.2) is 5.91 Å². The highest BCUT2D eigenvalue weighted by molar-refractivity contribution is 6.36. The first-order valence-electron chi connectivity index (χ1n) is 5.60. The minimum atomic E-state index is -0.304. The summed E-state index contributed by atoms with van der Waals surface area (Å²) in [5.41, 5.74) is 8.16. The third-order valence-corrected chi connectivity index (χ3v) is 3.18. The summed E-state index contributed by atoms with van der Waals surface area (Å²) < 4.78 is 0. The number of hydrogen-bond donors (Lipinski definition) is 2. The van der Waals surface area contributed by atoms with E-state index in [9.17, 15) is 4.79 Å². The van der Waals surface area contributed by atoms with Gasteiger partial charge in [0.25, 0.3) is 5.91 Å². The Morgan fingerprint density at radius 1 is 1.16 bits per heavy atom. The molecular formula is C14H12Cl2N2O. The zero-order valence-electron chi connectivity index (χ0n) is 10.2. The number of hydrogen-bond acceptors (Lipinski definition) is 2. The number of aryl methyl sites for hydroxylation is 1. The predicted octanol–water partition coefficient (Wildman–Crippen LogP) is 4.14. The molecule has 0 saturated carbocycles. The van der Waals surface area contributed by atoms with E-state index in [2.05, 4.69) is 5.32 Å². The molecule has 0 unspecified atom stereocenters. The van der Waals surface area contributed by atoms with Gasteiger partial charge in [0, 0.05) is 10.7 Å². The van der Waals surface area contributed by atoms with Crippen LogP contribution in [0.15, 0.2) is 36.4 Å². The molecule has 0 atom stereocenters. The fraction of sp³-hybridized carbons (Fsp3) is 0.0714. The molecule has 0 bridgehead atoms. The Morgan fingerprint density at radius 2 is 1.89 bits per heavy atom. The Morgan fingerprint density at radius 3 is 2.53 bits per heavy atom. The topological polar surface area (TPSA) is 55.1 Å². The molecule has 2 aromatic rings. The van der Waals surface area contributed by atoms with E-state index in [1.165, 1.54) is 0 Å². The van der Waals surface area contributed by atoms with Crippen molar-refractivity contribution in [3.05, 3.63) is 57.6 Å². The first kappa shape index (κ1) is 13.7. The van der Waals surface area contributed by atoms with Gasteiger partial charge in [0.2, 0.25) is 0 Å². The van der Waals surface area contributed by atoms with E-state index < -0.39 is 0 Å². The average molecular weight is 295 g/mol. The highest BCUT2D eigenvalue weighted by Crippen LogP contribution is 2.26. The first-order chi connectivity index (χ1) is 8.97. The molecule has 0 aliphatic rings. The Balaban J connectivity index is 2.25. The van der Waals surface area contributed by atoms with Crippen molar-refractivity contribution in [1.82, 2.24) is 0 Å². The normalized spacial score (nSPS) is 10.3. The van der Waals surface area contributed by atoms with Crippen LogP contribution in [0.25, 0.3) is 0 Å². The minimum Gasteiger partial charge on any atom is -0.398 e. The number of anilines is 2. The van der Waals surface area contributed by atoms with Gasteiger partial charge in [0.15, 0.2) is 0 Å². The lowest BCUT2D eigenvalue weighted by atomic mass is 10.1. The summed E-state index contributed by atoms with van der Waals surface area (Å²) in [6.45, 7) is 1.91. The quantitative estimate of drug-likeness (QED) is 0.818. The van der Waals surface area contributed by atoms with Gasteiger partial charge < -0.3 is 11.1 Å². The van der Waals surface area contributed by atoms with Crippen LogP contribution in [0, 0.1) is 6.92 Å². The Hall–Kier alpha value is -1.71. The maximum Gasteiger partial charge on any atom is 0.257 e. The lowest BCUT2D eigenvalue weighted by Crippen LogP contribution is -2.14. The van der Waals surface area contributed by atoms with Crippen LogP contribution in [0.1, 0.15) is 15.9 Å². The zero-order chi connectivity index (χ0) is 14.0. The molecule has 3 N–H and O–H groups in total. The third-order valence-electron chi connectivity index (χ3n) is 2.63. The van der Waals surface area contributed by atoms with E-state index in [4.69, 9.17) is 28.9 Å². The third kappa shape index (κ3) is 3.19. The van der Waals surface area contributed by atoms with Crippen molar-refractivity contribution in [3.8, 4) is 0 Å². The zero-order valence-corrected chi connectivity index (χ0v) is 11.7. The van der Waals surface area contributed by atoms with Gasteiger partial charge in [-0.15, -0.1) is 0 Å². The second-order valence-electron chi connectivity index (χ2n) is 4.17. The molecule has 0 aromatic heterocycles. The number of amides is 1. The van der Waals surface area contributed by atoms with Gasteiger partial charge in [-0.2, -0.15) is 0 Å². The maximum atomic E-state index is 12.1. The SMILES string of the molecule is Cc1ccc(C(=O)Nc2ccc(Cl)cc2Cl)c(N)c1. The molecule has 0 aliphatic heterocycles. The summed E-state index contributed by atoms with van der Waals surface area (Å²) in [6.07, 6.45) is 0. The average Bonchev–Trinajstić information content (AvgIpc) is 2.32. The standard InChI is InChI=1S/C14H12Cl2N2O/c1-8-2-4-10(12(17)6-8)14(19)18-13-5-3-9(15)7-11(13)16/h2-7H,17H2,1H3,(H,18,19). The predicted molar refractivity (Wildman–Crippen MR) is 80.0 cm³/mol. The summed E-state index contributed by atoms with van der Waals surface area (Å²) in [5.74, 6) is -0.304. The van der Waals surface area contributed by atoms with Gasteiger partial charge in [-0.05, 0) is 42.8 Å². The van der Waals surface area contributed by atoms with Crippen LogP contribution in [0.4, 0.5) is 11.4 Å². The fourth-order valence-electron chi connectivity index (χ4n) is 1.67. The van der Waals surface area contributed by atoms with Gasteiger partial charge in [0.05, 0.1) is 16.3 Å². The summed E-state index contributed by atoms with van der Waals surface area (Å²) in [4.78, 5) is 12.1. The van der Waals surface area contributed by atoms with Crippen molar-refractivity contribution in [2.75, 3.05) is 11.1 Å². The summed E-state index contributed by atoms with van der Waals surface area (Å²) in [6, 6.07) is 10.1. The summed E-state index contributed by atoms with van der Waals surface area (Å²) >= 11 is 11.8. The Kier molecular flexibility index (Phi) is 3.98. The number of rotatable bonds is 2. The molecule has 0 aliphatic carbocycles. The number of nitrogen functional groups attached to an aromatic ring is 1. The number of carbonyl (C=O) groups excluding carboxylic acids is 1. The molecule has 3 nitrogen and oxygen atoms in total. The molecular weight excluding hydrogens is 283 g/mol.